The molecule has 9 nitrogen and oxygen atoms in total. The Labute approximate surface area is 177 Å². The fraction of sp³-hybridized carbons (Fsp3) is 0.182. The minimum absolute atomic E-state index is 0.126. The molecule has 9 heteroatoms. The van der Waals surface area contributed by atoms with Crippen LogP contribution in [0.5, 0.6) is 5.75 Å². The van der Waals surface area contributed by atoms with E-state index in [-0.39, 0.29) is 24.2 Å². The first-order chi connectivity index (χ1) is 15.1. The second kappa shape index (κ2) is 8.70. The van der Waals surface area contributed by atoms with Crippen LogP contribution in [-0.4, -0.2) is 39.2 Å². The summed E-state index contributed by atoms with van der Waals surface area (Å²) in [4.78, 5) is 26.3. The van der Waals surface area contributed by atoms with Gasteiger partial charge in [0.05, 0.1) is 19.4 Å². The Morgan fingerprint density at radius 1 is 1.23 bits per heavy atom. The molecule has 4 aromatic rings. The van der Waals surface area contributed by atoms with Gasteiger partial charge in [-0.2, -0.15) is 0 Å². The maximum absolute atomic E-state index is 12.5. The third-order valence-electron chi connectivity index (χ3n) is 5.19. The molecule has 0 aliphatic carbocycles. The molecule has 2 heterocycles. The Balaban J connectivity index is 1.58. The van der Waals surface area contributed by atoms with Gasteiger partial charge in [-0.05, 0) is 34.2 Å². The molecular weight excluding hydrogens is 398 g/mol. The van der Waals surface area contributed by atoms with Gasteiger partial charge >= 0.3 is 5.82 Å². The highest BCUT2D eigenvalue weighted by Crippen LogP contribution is 2.31. The molecule has 31 heavy (non-hydrogen) atoms. The minimum atomic E-state index is -0.563. The molecule has 1 amide bonds. The van der Waals surface area contributed by atoms with Crippen LogP contribution in [0.15, 0.2) is 67.0 Å². The number of nitrogens with one attached hydrogen (secondary N) is 2. The van der Waals surface area contributed by atoms with Crippen LogP contribution in [0.25, 0.3) is 10.9 Å². The number of rotatable bonds is 8. The van der Waals surface area contributed by atoms with Crippen molar-refractivity contribution in [2.75, 3.05) is 13.7 Å². The molecule has 2 aromatic carbocycles. The highest BCUT2D eigenvalue weighted by atomic mass is 16.6. The number of hydrogen-bond donors (Lipinski definition) is 2. The quantitative estimate of drug-likeness (QED) is 0.336. The number of hydrogen-bond acceptors (Lipinski definition) is 5. The first-order valence-electron chi connectivity index (χ1n) is 9.69. The zero-order valence-electron chi connectivity index (χ0n) is 16.8. The normalized spacial score (nSPS) is 11.9. The van der Waals surface area contributed by atoms with Crippen molar-refractivity contribution in [3.63, 3.8) is 0 Å². The summed E-state index contributed by atoms with van der Waals surface area (Å²) in [5.74, 6) is 0.0405. The van der Waals surface area contributed by atoms with Crippen LogP contribution in [0.3, 0.4) is 0 Å². The average Bonchev–Trinajstić information content (AvgIpc) is 3.42. The van der Waals surface area contributed by atoms with Crippen molar-refractivity contribution in [2.45, 2.75) is 12.5 Å². The lowest BCUT2D eigenvalue weighted by Crippen LogP contribution is -2.32. The Morgan fingerprint density at radius 2 is 2.00 bits per heavy atom. The molecular formula is C22H21N5O4. The van der Waals surface area contributed by atoms with Crippen LogP contribution >= 0.6 is 0 Å². The summed E-state index contributed by atoms with van der Waals surface area (Å²) in [5.41, 5.74) is 3.07. The van der Waals surface area contributed by atoms with Gasteiger partial charge in [0.2, 0.25) is 0 Å². The van der Waals surface area contributed by atoms with Gasteiger partial charge in [0.1, 0.15) is 5.75 Å². The molecule has 4 rings (SSSR count). The molecule has 0 saturated carbocycles. The molecule has 1 atom stereocenters. The largest absolute Gasteiger partial charge is 0.497 e. The van der Waals surface area contributed by atoms with Crippen molar-refractivity contribution in [1.29, 1.82) is 0 Å². The zero-order valence-corrected chi connectivity index (χ0v) is 16.8. The Morgan fingerprint density at radius 3 is 2.74 bits per heavy atom. The maximum Gasteiger partial charge on any atom is 0.345 e. The summed E-state index contributed by atoms with van der Waals surface area (Å²) < 4.78 is 6.33. The van der Waals surface area contributed by atoms with E-state index in [1.165, 1.54) is 12.3 Å². The number of para-hydroxylation sites is 1. The van der Waals surface area contributed by atoms with E-state index in [1.54, 1.807) is 7.11 Å². The monoisotopic (exact) mass is 419 g/mol. The Kier molecular flexibility index (Phi) is 5.65. The van der Waals surface area contributed by atoms with Crippen LogP contribution in [-0.2, 0) is 11.3 Å². The number of H-pyrrole nitrogens is 1. The second-order valence-corrected chi connectivity index (χ2v) is 7.02. The first kappa shape index (κ1) is 20.1. The number of carbonyl (C=O) groups excluding carboxylic acids is 1. The van der Waals surface area contributed by atoms with E-state index < -0.39 is 4.92 Å². The number of carbonyl (C=O) groups is 1. The summed E-state index contributed by atoms with van der Waals surface area (Å²) in [5, 5.41) is 18.9. The van der Waals surface area contributed by atoms with Crippen molar-refractivity contribution in [3.8, 4) is 5.75 Å². The molecule has 0 radical (unpaired) electrons. The predicted octanol–water partition coefficient (Wildman–Crippen LogP) is 3.23. The highest BCUT2D eigenvalue weighted by Gasteiger charge is 2.21. The number of fused-ring (bicyclic) bond motifs is 1. The molecule has 0 fully saturated rings. The SMILES string of the molecule is COc1ccc(C(CNC(=O)Cn2nccc2[N+](=O)[O-])c2c[nH]c3ccccc23)cc1. The summed E-state index contributed by atoms with van der Waals surface area (Å²) in [6, 6.07) is 16.9. The van der Waals surface area contributed by atoms with Gasteiger partial charge in [-0.1, -0.05) is 35.4 Å². The molecule has 2 N–H and O–H groups in total. The number of amides is 1. The van der Waals surface area contributed by atoms with Crippen molar-refractivity contribution in [3.05, 3.63) is 88.2 Å². The molecule has 0 aliphatic heterocycles. The second-order valence-electron chi connectivity index (χ2n) is 7.02. The summed E-state index contributed by atoms with van der Waals surface area (Å²) in [7, 11) is 1.61. The topological polar surface area (TPSA) is 115 Å². The van der Waals surface area contributed by atoms with Gasteiger partial charge in [0.25, 0.3) is 5.91 Å². The standard InChI is InChI=1S/C22H21N5O4/c1-31-16-8-6-15(7-9-16)18(19-13-23-20-5-3-2-4-17(19)20)12-24-21(28)14-26-22(27(29)30)10-11-25-26/h2-11,13,18,23H,12,14H2,1H3,(H,24,28). The molecule has 158 valence electrons. The van der Waals surface area contributed by atoms with Crippen molar-refractivity contribution < 1.29 is 14.5 Å². The number of aromatic nitrogens is 3. The first-order valence-corrected chi connectivity index (χ1v) is 9.69. The predicted molar refractivity (Wildman–Crippen MR) is 115 cm³/mol. The van der Waals surface area contributed by atoms with Gasteiger partial charge in [0.15, 0.2) is 6.54 Å². The molecule has 1 unspecified atom stereocenters. The van der Waals surface area contributed by atoms with Crippen LogP contribution in [0.4, 0.5) is 5.82 Å². The van der Waals surface area contributed by atoms with Crippen molar-refractivity contribution in [1.82, 2.24) is 20.1 Å². The van der Waals surface area contributed by atoms with E-state index in [9.17, 15) is 14.9 Å². The number of aromatic amines is 1. The summed E-state index contributed by atoms with van der Waals surface area (Å²) in [6.45, 7) is 0.0919. The fourth-order valence-corrected chi connectivity index (χ4v) is 3.64. The average molecular weight is 419 g/mol. The summed E-state index contributed by atoms with van der Waals surface area (Å²) >= 11 is 0. The lowest BCUT2D eigenvalue weighted by molar-refractivity contribution is -0.392. The third-order valence-corrected chi connectivity index (χ3v) is 5.19. The van der Waals surface area contributed by atoms with Gasteiger partial charge in [0, 0.05) is 29.6 Å². The maximum atomic E-state index is 12.5. The number of methoxy groups -OCH3 is 1. The number of nitro groups is 1. The minimum Gasteiger partial charge on any atom is -0.497 e. The van der Waals surface area contributed by atoms with E-state index in [0.29, 0.717) is 6.54 Å². The number of nitrogens with zero attached hydrogens (tertiary/aromatic N) is 3. The Bertz CT molecular complexity index is 1210. The lowest BCUT2D eigenvalue weighted by atomic mass is 9.91. The van der Waals surface area contributed by atoms with E-state index in [1.807, 2.05) is 54.7 Å². The lowest BCUT2D eigenvalue weighted by Gasteiger charge is -2.18. The van der Waals surface area contributed by atoms with Gasteiger partial charge in [-0.15, -0.1) is 4.68 Å². The molecule has 2 aromatic heterocycles. The van der Waals surface area contributed by atoms with Gasteiger partial charge < -0.3 is 25.2 Å². The smallest absolute Gasteiger partial charge is 0.345 e. The van der Waals surface area contributed by atoms with E-state index in [4.69, 9.17) is 4.74 Å². The zero-order chi connectivity index (χ0) is 21.8. The number of ether oxygens (including phenoxy) is 1. The van der Waals surface area contributed by atoms with Crippen LogP contribution in [0.2, 0.25) is 0 Å². The van der Waals surface area contributed by atoms with E-state index in [2.05, 4.69) is 15.4 Å². The highest BCUT2D eigenvalue weighted by molar-refractivity contribution is 5.84. The van der Waals surface area contributed by atoms with Gasteiger partial charge in [-0.3, -0.25) is 4.79 Å². The van der Waals surface area contributed by atoms with Crippen LogP contribution in [0.1, 0.15) is 17.0 Å². The number of benzene rings is 2. The van der Waals surface area contributed by atoms with E-state index >= 15 is 0 Å². The molecule has 0 aliphatic rings. The van der Waals surface area contributed by atoms with E-state index in [0.717, 1.165) is 32.5 Å². The molecule has 0 spiro atoms. The summed E-state index contributed by atoms with van der Waals surface area (Å²) in [6.07, 6.45) is 3.25. The van der Waals surface area contributed by atoms with Gasteiger partial charge in [-0.25, -0.2) is 0 Å². The van der Waals surface area contributed by atoms with Crippen molar-refractivity contribution >= 4 is 22.6 Å². The molecule has 0 bridgehead atoms. The van der Waals surface area contributed by atoms with Crippen LogP contribution in [0, 0.1) is 10.1 Å². The van der Waals surface area contributed by atoms with Crippen molar-refractivity contribution in [2.24, 2.45) is 0 Å². The molecule has 0 saturated heterocycles. The van der Waals surface area contributed by atoms with Crippen LogP contribution < -0.4 is 10.1 Å². The third kappa shape index (κ3) is 4.25. The Hall–Kier alpha value is -4.14. The fourth-order valence-electron chi connectivity index (χ4n) is 3.64.